The third-order valence-electron chi connectivity index (χ3n) is 5.27. The lowest BCUT2D eigenvalue weighted by Gasteiger charge is -2.25. The molecular weight excluding hydrogens is 458 g/mol. The molecule has 3 N–H and O–H groups in total. The summed E-state index contributed by atoms with van der Waals surface area (Å²) in [6.45, 7) is 3.49. The third kappa shape index (κ3) is 6.42. The molecule has 3 rings (SSSR count). The van der Waals surface area contributed by atoms with E-state index in [9.17, 15) is 14.4 Å². The molecule has 1 fully saturated rings. The molecule has 0 unspecified atom stereocenters. The number of carbonyl (C=O) groups is 3. The molecular formula is C24H29N3O6S. The second-order valence-electron chi connectivity index (χ2n) is 8.13. The Hall–Kier alpha value is -3.24. The van der Waals surface area contributed by atoms with E-state index in [4.69, 9.17) is 14.2 Å². The van der Waals surface area contributed by atoms with Crippen LogP contribution in [0, 0.1) is 0 Å². The molecule has 0 aromatic heterocycles. The maximum atomic E-state index is 13.3. The molecule has 0 spiro atoms. The number of para-hydroxylation sites is 1. The van der Waals surface area contributed by atoms with Gasteiger partial charge in [-0.1, -0.05) is 18.2 Å². The van der Waals surface area contributed by atoms with Gasteiger partial charge in [0.05, 0.1) is 19.6 Å². The monoisotopic (exact) mass is 487 g/mol. The lowest BCUT2D eigenvalue weighted by Crippen LogP contribution is -2.56. The number of amides is 2. The summed E-state index contributed by atoms with van der Waals surface area (Å²) < 4.78 is 15.0. The van der Waals surface area contributed by atoms with Gasteiger partial charge in [0, 0.05) is 10.4 Å². The first-order chi connectivity index (χ1) is 16.2. The third-order valence-corrected chi connectivity index (χ3v) is 6.77. The molecule has 0 radical (unpaired) electrons. The van der Waals surface area contributed by atoms with Gasteiger partial charge in [-0.05, 0) is 50.2 Å². The van der Waals surface area contributed by atoms with E-state index in [1.807, 2.05) is 19.9 Å². The summed E-state index contributed by atoms with van der Waals surface area (Å²) in [6.07, 6.45) is 0. The first kappa shape index (κ1) is 25.4. The molecule has 9 nitrogen and oxygen atoms in total. The van der Waals surface area contributed by atoms with Gasteiger partial charge in [0.25, 0.3) is 5.91 Å². The number of esters is 1. The highest BCUT2D eigenvalue weighted by molar-refractivity contribution is 8.01. The van der Waals surface area contributed by atoms with Crippen molar-refractivity contribution in [2.75, 3.05) is 26.1 Å². The number of benzene rings is 2. The van der Waals surface area contributed by atoms with Gasteiger partial charge in [-0.25, -0.2) is 0 Å². The van der Waals surface area contributed by atoms with Crippen LogP contribution >= 0.6 is 11.8 Å². The Balaban J connectivity index is 1.75. The zero-order valence-corrected chi connectivity index (χ0v) is 20.3. The minimum Gasteiger partial charge on any atom is -0.497 e. The number of nitrogens with one attached hydrogen (secondary N) is 3. The maximum Gasteiger partial charge on any atom is 0.324 e. The number of thioether (sulfide) groups is 1. The lowest BCUT2D eigenvalue weighted by molar-refractivity contribution is -0.143. The fraction of sp³-hybridized carbons (Fsp3) is 0.375. The largest absolute Gasteiger partial charge is 0.497 e. The van der Waals surface area contributed by atoms with Crippen LogP contribution in [0.1, 0.15) is 13.8 Å². The average molecular weight is 488 g/mol. The van der Waals surface area contributed by atoms with Crippen molar-refractivity contribution in [3.8, 4) is 11.5 Å². The Morgan fingerprint density at radius 3 is 2.32 bits per heavy atom. The molecule has 2 aromatic rings. The highest BCUT2D eigenvalue weighted by atomic mass is 32.2. The number of ether oxygens (including phenoxy) is 3. The molecule has 10 heteroatoms. The molecule has 1 aliphatic heterocycles. The Morgan fingerprint density at radius 1 is 1.03 bits per heavy atom. The predicted octanol–water partition coefficient (Wildman–Crippen LogP) is 2.18. The summed E-state index contributed by atoms with van der Waals surface area (Å²) in [5.74, 6) is -0.160. The van der Waals surface area contributed by atoms with E-state index in [0.717, 1.165) is 0 Å². The fourth-order valence-corrected chi connectivity index (χ4v) is 4.97. The number of carbonyl (C=O) groups excluding carboxylic acids is 3. The van der Waals surface area contributed by atoms with Crippen LogP contribution in [0.25, 0.3) is 0 Å². The van der Waals surface area contributed by atoms with Gasteiger partial charge in [0.2, 0.25) is 5.91 Å². The van der Waals surface area contributed by atoms with Crippen molar-refractivity contribution in [1.29, 1.82) is 0 Å². The number of anilines is 1. The van der Waals surface area contributed by atoms with Gasteiger partial charge in [0.1, 0.15) is 23.6 Å². The summed E-state index contributed by atoms with van der Waals surface area (Å²) in [5.41, 5.74) is 0.539. The van der Waals surface area contributed by atoms with Gasteiger partial charge < -0.3 is 24.8 Å². The average Bonchev–Trinajstić information content (AvgIpc) is 3.16. The zero-order valence-electron chi connectivity index (χ0n) is 19.5. The highest BCUT2D eigenvalue weighted by Crippen LogP contribution is 2.39. The Morgan fingerprint density at radius 2 is 1.71 bits per heavy atom. The van der Waals surface area contributed by atoms with Crippen molar-refractivity contribution in [1.82, 2.24) is 10.6 Å². The summed E-state index contributed by atoms with van der Waals surface area (Å²) >= 11 is 1.38. The van der Waals surface area contributed by atoms with E-state index in [-0.39, 0.29) is 6.61 Å². The lowest BCUT2D eigenvalue weighted by atomic mass is 10.0. The van der Waals surface area contributed by atoms with E-state index in [1.165, 1.54) is 18.9 Å². The normalized spacial score (nSPS) is 19.5. The molecule has 0 aliphatic carbocycles. The van der Waals surface area contributed by atoms with Gasteiger partial charge in [0.15, 0.2) is 6.61 Å². The topological polar surface area (TPSA) is 115 Å². The van der Waals surface area contributed by atoms with E-state index in [1.54, 1.807) is 55.6 Å². The van der Waals surface area contributed by atoms with Crippen molar-refractivity contribution in [3.05, 3.63) is 54.6 Å². The molecule has 1 heterocycles. The Labute approximate surface area is 202 Å². The van der Waals surface area contributed by atoms with Gasteiger partial charge >= 0.3 is 5.97 Å². The fourth-order valence-electron chi connectivity index (χ4n) is 3.48. The van der Waals surface area contributed by atoms with Crippen molar-refractivity contribution >= 4 is 35.2 Å². The highest BCUT2D eigenvalue weighted by Gasteiger charge is 2.49. The Bertz CT molecular complexity index is 1000. The smallest absolute Gasteiger partial charge is 0.324 e. The summed E-state index contributed by atoms with van der Waals surface area (Å²) in [5, 5.41) is 8.13. The first-order valence-electron chi connectivity index (χ1n) is 10.7. The van der Waals surface area contributed by atoms with Crippen molar-refractivity contribution < 1.29 is 28.6 Å². The molecule has 34 heavy (non-hydrogen) atoms. The van der Waals surface area contributed by atoms with Gasteiger partial charge in [-0.3, -0.25) is 19.7 Å². The molecule has 0 bridgehead atoms. The minimum atomic E-state index is -0.993. The van der Waals surface area contributed by atoms with E-state index < -0.39 is 40.0 Å². The second-order valence-corrected chi connectivity index (χ2v) is 9.93. The van der Waals surface area contributed by atoms with Crippen LogP contribution in [0.3, 0.4) is 0 Å². The van der Waals surface area contributed by atoms with Crippen LogP contribution in [-0.4, -0.2) is 60.8 Å². The number of methoxy groups -OCH3 is 2. The molecule has 0 saturated carbocycles. The Kier molecular flexibility index (Phi) is 8.41. The van der Waals surface area contributed by atoms with E-state index in [0.29, 0.717) is 17.2 Å². The van der Waals surface area contributed by atoms with Crippen molar-refractivity contribution in [3.63, 3.8) is 0 Å². The maximum absolute atomic E-state index is 13.3. The zero-order chi connectivity index (χ0) is 24.7. The number of rotatable bonds is 9. The van der Waals surface area contributed by atoms with Gasteiger partial charge in [-0.15, -0.1) is 11.8 Å². The summed E-state index contributed by atoms with van der Waals surface area (Å²) in [4.78, 5) is 38.2. The van der Waals surface area contributed by atoms with Crippen LogP contribution in [0.15, 0.2) is 54.6 Å². The van der Waals surface area contributed by atoms with Crippen molar-refractivity contribution in [2.45, 2.75) is 36.1 Å². The van der Waals surface area contributed by atoms with E-state index in [2.05, 4.69) is 16.0 Å². The van der Waals surface area contributed by atoms with Crippen LogP contribution in [0.2, 0.25) is 0 Å². The molecule has 1 saturated heterocycles. The molecule has 3 atom stereocenters. The summed E-state index contributed by atoms with van der Waals surface area (Å²) in [7, 11) is 2.87. The van der Waals surface area contributed by atoms with Crippen molar-refractivity contribution in [2.24, 2.45) is 0 Å². The quantitative estimate of drug-likeness (QED) is 0.461. The van der Waals surface area contributed by atoms with E-state index >= 15 is 0 Å². The predicted molar refractivity (Wildman–Crippen MR) is 130 cm³/mol. The molecule has 2 aromatic carbocycles. The van der Waals surface area contributed by atoms with Crippen LogP contribution in [-0.2, 0) is 19.1 Å². The molecule has 182 valence electrons. The van der Waals surface area contributed by atoms with Crippen LogP contribution < -0.4 is 25.4 Å². The molecule has 1 aliphatic rings. The van der Waals surface area contributed by atoms with Gasteiger partial charge in [-0.2, -0.15) is 0 Å². The number of hydrogen-bond acceptors (Lipinski definition) is 8. The van der Waals surface area contributed by atoms with Crippen LogP contribution in [0.4, 0.5) is 5.69 Å². The number of hydrogen-bond donors (Lipinski definition) is 3. The SMILES string of the molecule is COC(=O)[C@@H]1N[C@@H]([C@@H](NC(=O)COc2ccccc2)C(=O)Nc2ccc(OC)cc2)SC1(C)C. The summed E-state index contributed by atoms with van der Waals surface area (Å²) in [6, 6.07) is 14.1. The second kappa shape index (κ2) is 11.3. The molecule has 2 amide bonds. The van der Waals surface area contributed by atoms with Crippen LogP contribution in [0.5, 0.6) is 11.5 Å². The first-order valence-corrected chi connectivity index (χ1v) is 11.6. The standard InChI is InChI=1S/C24H29N3O6S/c1-24(2)20(23(30)32-4)27-22(34-24)19(21(29)25-15-10-12-16(31-3)13-11-15)26-18(28)14-33-17-8-6-5-7-9-17/h5-13,19-20,22,27H,14H2,1-4H3,(H,25,29)(H,26,28)/t19-,20-,22+/m0/s1. The minimum absolute atomic E-state index is 0.266.